The van der Waals surface area contributed by atoms with Crippen molar-refractivity contribution in [2.75, 3.05) is 33.3 Å². The van der Waals surface area contributed by atoms with Crippen LogP contribution in [0.25, 0.3) is 5.52 Å². The van der Waals surface area contributed by atoms with Crippen LogP contribution in [0.2, 0.25) is 0 Å². The van der Waals surface area contributed by atoms with Gasteiger partial charge in [-0.05, 0) is 76.3 Å². The van der Waals surface area contributed by atoms with E-state index in [1.54, 1.807) is 19.4 Å². The van der Waals surface area contributed by atoms with Crippen LogP contribution < -0.4 is 15.6 Å². The van der Waals surface area contributed by atoms with E-state index in [2.05, 4.69) is 10.2 Å². The zero-order chi connectivity index (χ0) is 24.2. The number of nitrogens with zero attached hydrogens (tertiary/aromatic N) is 2. The van der Waals surface area contributed by atoms with Crippen molar-refractivity contribution in [2.45, 2.75) is 45.6 Å². The van der Waals surface area contributed by atoms with Gasteiger partial charge in [0.25, 0.3) is 5.56 Å². The Kier molecular flexibility index (Phi) is 7.63. The lowest BCUT2D eigenvalue weighted by atomic mass is 10.1. The van der Waals surface area contributed by atoms with Crippen LogP contribution in [0.5, 0.6) is 5.75 Å². The Hall–Kier alpha value is -3.07. The fourth-order valence-corrected chi connectivity index (χ4v) is 4.21. The number of nitrogens with one attached hydrogen (secondary N) is 1. The van der Waals surface area contributed by atoms with Crippen molar-refractivity contribution in [2.24, 2.45) is 5.92 Å². The van der Waals surface area contributed by atoms with Gasteiger partial charge in [-0.15, -0.1) is 0 Å². The molecule has 2 aromatic rings. The van der Waals surface area contributed by atoms with Crippen molar-refractivity contribution in [3.8, 4) is 5.75 Å². The number of ether oxygens (including phenoxy) is 2. The van der Waals surface area contributed by atoms with Gasteiger partial charge in [-0.3, -0.25) is 9.20 Å². The normalized spacial score (nSPS) is 16.7. The highest BCUT2D eigenvalue weighted by Crippen LogP contribution is 2.26. The first-order chi connectivity index (χ1) is 15.6. The number of carbonyl (C=O) groups is 2. The van der Waals surface area contributed by atoms with Crippen LogP contribution in [0.4, 0.5) is 4.79 Å². The molecule has 1 aliphatic heterocycles. The van der Waals surface area contributed by atoms with E-state index in [-0.39, 0.29) is 11.7 Å². The van der Waals surface area contributed by atoms with Gasteiger partial charge in [0.15, 0.2) is 0 Å². The van der Waals surface area contributed by atoms with E-state index < -0.39 is 17.1 Å². The van der Waals surface area contributed by atoms with Crippen molar-refractivity contribution in [1.82, 2.24) is 14.6 Å². The Morgan fingerprint density at radius 1 is 1.24 bits per heavy atom. The number of methoxy groups -OCH3 is 1. The molecule has 9 heteroatoms. The van der Waals surface area contributed by atoms with Gasteiger partial charge in [0.2, 0.25) is 0 Å². The van der Waals surface area contributed by atoms with Crippen molar-refractivity contribution >= 4 is 17.6 Å². The minimum absolute atomic E-state index is 0.272. The molecule has 1 fully saturated rings. The second-order valence-electron chi connectivity index (χ2n) is 9.41. The Morgan fingerprint density at radius 3 is 2.67 bits per heavy atom. The zero-order valence-corrected chi connectivity index (χ0v) is 19.7. The van der Waals surface area contributed by atoms with Crippen LogP contribution in [0, 0.1) is 5.92 Å². The molecule has 0 saturated carbocycles. The van der Waals surface area contributed by atoms with E-state index in [0.717, 1.165) is 44.5 Å². The number of amides is 1. The second kappa shape index (κ2) is 10.2. The molecule has 0 aromatic carbocycles. The van der Waals surface area contributed by atoms with Crippen molar-refractivity contribution in [3.05, 3.63) is 45.9 Å². The molecule has 0 radical (unpaired) electrons. The maximum atomic E-state index is 12.4. The maximum absolute atomic E-state index is 12.4. The van der Waals surface area contributed by atoms with E-state index in [4.69, 9.17) is 9.47 Å². The van der Waals surface area contributed by atoms with Gasteiger partial charge in [-0.25, -0.2) is 9.59 Å². The van der Waals surface area contributed by atoms with Gasteiger partial charge in [0, 0.05) is 25.8 Å². The molecule has 3 heterocycles. The molecule has 1 atom stereocenters. The van der Waals surface area contributed by atoms with E-state index in [0.29, 0.717) is 23.7 Å². The van der Waals surface area contributed by atoms with E-state index >= 15 is 0 Å². The lowest BCUT2D eigenvalue weighted by molar-refractivity contribution is 0.0524. The van der Waals surface area contributed by atoms with Crippen LogP contribution in [-0.4, -0.2) is 65.4 Å². The van der Waals surface area contributed by atoms with E-state index in [1.807, 2.05) is 26.8 Å². The summed E-state index contributed by atoms with van der Waals surface area (Å²) in [5.74, 6) is -0.141. The first-order valence-corrected chi connectivity index (χ1v) is 11.2. The minimum Gasteiger partial charge on any atom is -0.494 e. The molecule has 33 heavy (non-hydrogen) atoms. The topological polar surface area (TPSA) is 110 Å². The monoisotopic (exact) mass is 459 g/mol. The summed E-state index contributed by atoms with van der Waals surface area (Å²) in [6, 6.07) is 4.75. The van der Waals surface area contributed by atoms with Crippen molar-refractivity contribution in [1.29, 1.82) is 0 Å². The fraction of sp³-hybridized carbons (Fsp3) is 0.542. The Morgan fingerprint density at radius 2 is 2.00 bits per heavy atom. The van der Waals surface area contributed by atoms with Crippen LogP contribution in [0.3, 0.4) is 0 Å². The van der Waals surface area contributed by atoms with Crippen LogP contribution in [0.1, 0.15) is 49.5 Å². The number of fused-ring (bicyclic) bond motifs is 1. The SMILES string of the molecule is COc1c(CCN2CCC(CCNC(=O)OC(C)(C)C)C2)ccn2c(=O)c(C(=O)O)ccc12. The van der Waals surface area contributed by atoms with Crippen LogP contribution in [0.15, 0.2) is 29.2 Å². The first-order valence-electron chi connectivity index (χ1n) is 11.2. The second-order valence-corrected chi connectivity index (χ2v) is 9.41. The standard InChI is InChI=1S/C24H33N3O6/c1-24(2,3)33-23(31)25-11-7-16-8-12-26(15-16)13-9-17-10-14-27-19(20(17)32-4)6-5-18(21(27)28)22(29)30/h5-6,10,14,16H,7-9,11-13,15H2,1-4H3,(H,25,31)(H,29,30). The summed E-state index contributed by atoms with van der Waals surface area (Å²) < 4.78 is 12.2. The number of pyridine rings is 2. The molecule has 0 spiro atoms. The summed E-state index contributed by atoms with van der Waals surface area (Å²) in [5.41, 5.74) is 0.177. The summed E-state index contributed by atoms with van der Waals surface area (Å²) in [6.45, 7) is 8.94. The largest absolute Gasteiger partial charge is 0.494 e. The van der Waals surface area contributed by atoms with Crippen molar-refractivity contribution in [3.63, 3.8) is 0 Å². The quantitative estimate of drug-likeness (QED) is 0.625. The molecule has 2 aromatic heterocycles. The molecular formula is C24H33N3O6. The molecular weight excluding hydrogens is 426 g/mol. The lowest BCUT2D eigenvalue weighted by Gasteiger charge is -2.20. The molecule has 1 amide bonds. The van der Waals surface area contributed by atoms with Crippen molar-refractivity contribution < 1.29 is 24.2 Å². The zero-order valence-electron chi connectivity index (χ0n) is 19.7. The number of carboxylic acid groups (broad SMARTS) is 1. The van der Waals surface area contributed by atoms with Crippen LogP contribution in [-0.2, 0) is 11.2 Å². The molecule has 0 bridgehead atoms. The molecule has 3 rings (SSSR count). The Balaban J connectivity index is 1.55. The Bertz CT molecular complexity index is 1070. The highest BCUT2D eigenvalue weighted by molar-refractivity contribution is 5.88. The van der Waals surface area contributed by atoms with Gasteiger partial charge in [-0.2, -0.15) is 0 Å². The third-order valence-corrected chi connectivity index (χ3v) is 5.79. The van der Waals surface area contributed by atoms with Crippen LogP contribution >= 0.6 is 0 Å². The number of aromatic carboxylic acids is 1. The highest BCUT2D eigenvalue weighted by Gasteiger charge is 2.23. The number of rotatable bonds is 8. The number of likely N-dealkylation sites (tertiary alicyclic amines) is 1. The third-order valence-electron chi connectivity index (χ3n) is 5.79. The smallest absolute Gasteiger partial charge is 0.407 e. The van der Waals surface area contributed by atoms with Gasteiger partial charge < -0.3 is 24.8 Å². The van der Waals surface area contributed by atoms with Gasteiger partial charge >= 0.3 is 12.1 Å². The summed E-state index contributed by atoms with van der Waals surface area (Å²) >= 11 is 0. The third kappa shape index (κ3) is 6.25. The molecule has 1 saturated heterocycles. The summed E-state index contributed by atoms with van der Waals surface area (Å²) in [5, 5.41) is 12.0. The molecule has 2 N–H and O–H groups in total. The molecule has 9 nitrogen and oxygen atoms in total. The predicted molar refractivity (Wildman–Crippen MR) is 124 cm³/mol. The van der Waals surface area contributed by atoms with Gasteiger partial charge in [0.1, 0.15) is 16.9 Å². The fourth-order valence-electron chi connectivity index (χ4n) is 4.21. The number of hydrogen-bond donors (Lipinski definition) is 2. The van der Waals surface area contributed by atoms with Gasteiger partial charge in [0.05, 0.1) is 12.6 Å². The Labute approximate surface area is 193 Å². The maximum Gasteiger partial charge on any atom is 0.407 e. The average Bonchev–Trinajstić information content (AvgIpc) is 3.18. The summed E-state index contributed by atoms with van der Waals surface area (Å²) in [7, 11) is 1.55. The number of alkyl carbamates (subject to hydrolysis) is 1. The minimum atomic E-state index is -1.25. The average molecular weight is 460 g/mol. The number of carbonyl (C=O) groups excluding carboxylic acids is 1. The first kappa shape index (κ1) is 24.6. The number of aromatic nitrogens is 1. The lowest BCUT2D eigenvalue weighted by Crippen LogP contribution is -2.33. The van der Waals surface area contributed by atoms with E-state index in [9.17, 15) is 19.5 Å². The molecule has 180 valence electrons. The molecule has 1 aliphatic rings. The number of hydrogen-bond acceptors (Lipinski definition) is 6. The highest BCUT2D eigenvalue weighted by atomic mass is 16.6. The predicted octanol–water partition coefficient (Wildman–Crippen LogP) is 2.79. The summed E-state index contributed by atoms with van der Waals surface area (Å²) in [6.07, 6.45) is 3.96. The van der Waals surface area contributed by atoms with E-state index in [1.165, 1.54) is 10.5 Å². The summed E-state index contributed by atoms with van der Waals surface area (Å²) in [4.78, 5) is 37.8. The molecule has 1 unspecified atom stereocenters. The van der Waals surface area contributed by atoms with Gasteiger partial charge in [-0.1, -0.05) is 0 Å². The number of carboxylic acids is 1. The molecule has 0 aliphatic carbocycles.